The Morgan fingerprint density at radius 2 is 2.00 bits per heavy atom. The summed E-state index contributed by atoms with van der Waals surface area (Å²) in [5.41, 5.74) is 4.25. The van der Waals surface area contributed by atoms with Crippen molar-refractivity contribution in [1.82, 2.24) is 0 Å². The first-order chi connectivity index (χ1) is 11.1. The molecule has 23 heavy (non-hydrogen) atoms. The molecule has 0 aromatic heterocycles. The van der Waals surface area contributed by atoms with Gasteiger partial charge in [0, 0.05) is 22.2 Å². The van der Waals surface area contributed by atoms with Crippen molar-refractivity contribution in [2.45, 2.75) is 25.3 Å². The lowest BCUT2D eigenvalue weighted by molar-refractivity contribution is 0.101. The van der Waals surface area contributed by atoms with Gasteiger partial charge < -0.3 is 5.32 Å². The van der Waals surface area contributed by atoms with Gasteiger partial charge in [-0.1, -0.05) is 42.0 Å². The number of hydrogen-bond acceptors (Lipinski definition) is 2. The fourth-order valence-corrected chi connectivity index (χ4v) is 4.10. The van der Waals surface area contributed by atoms with Gasteiger partial charge >= 0.3 is 0 Å². The van der Waals surface area contributed by atoms with Crippen molar-refractivity contribution < 1.29 is 4.79 Å². The Morgan fingerprint density at radius 1 is 1.17 bits per heavy atom. The molecular weight excluding hydrogens is 306 g/mol. The standard InChI is InChI=1S/C20H18ClNO/c1-12(23)13-9-10-19-17(11-13)14-6-4-7-15(14)20(22-19)16-5-2-3-8-18(16)21/h2-6,8-11,14-15,20,22H,7H2,1H3/t14-,15+,20+/m0/s1. The first-order valence-electron chi connectivity index (χ1n) is 7.97. The normalized spacial score (nSPS) is 24.7. The van der Waals surface area contributed by atoms with Crippen LogP contribution in [0.15, 0.2) is 54.6 Å². The number of carbonyl (C=O) groups excluding carboxylic acids is 1. The molecule has 0 spiro atoms. The predicted molar refractivity (Wildman–Crippen MR) is 94.3 cm³/mol. The number of anilines is 1. The van der Waals surface area contributed by atoms with Gasteiger partial charge in [-0.3, -0.25) is 4.79 Å². The fraction of sp³-hybridized carbons (Fsp3) is 0.250. The van der Waals surface area contributed by atoms with Crippen LogP contribution in [-0.4, -0.2) is 5.78 Å². The summed E-state index contributed by atoms with van der Waals surface area (Å²) in [5, 5.41) is 4.46. The lowest BCUT2D eigenvalue weighted by Gasteiger charge is -2.38. The zero-order valence-corrected chi connectivity index (χ0v) is 13.7. The molecular formula is C20H18ClNO. The van der Waals surface area contributed by atoms with Crippen LogP contribution in [0.1, 0.15) is 46.8 Å². The van der Waals surface area contributed by atoms with Crippen LogP contribution in [0.3, 0.4) is 0 Å². The molecule has 3 heteroatoms. The summed E-state index contributed by atoms with van der Waals surface area (Å²) in [6.07, 6.45) is 5.55. The molecule has 1 aliphatic carbocycles. The van der Waals surface area contributed by atoms with Gasteiger partial charge in [-0.05, 0) is 54.7 Å². The van der Waals surface area contributed by atoms with E-state index in [2.05, 4.69) is 23.5 Å². The molecule has 2 nitrogen and oxygen atoms in total. The Balaban J connectivity index is 1.81. The van der Waals surface area contributed by atoms with Crippen LogP contribution in [0.2, 0.25) is 5.02 Å². The van der Waals surface area contributed by atoms with E-state index in [9.17, 15) is 4.79 Å². The van der Waals surface area contributed by atoms with E-state index in [0.717, 1.165) is 28.3 Å². The van der Waals surface area contributed by atoms with Gasteiger partial charge in [0.1, 0.15) is 0 Å². The van der Waals surface area contributed by atoms with Gasteiger partial charge in [-0.15, -0.1) is 0 Å². The molecule has 1 heterocycles. The first kappa shape index (κ1) is 14.5. The highest BCUT2D eigenvalue weighted by Crippen LogP contribution is 2.50. The molecule has 0 amide bonds. The Morgan fingerprint density at radius 3 is 2.78 bits per heavy atom. The Kier molecular flexibility index (Phi) is 3.50. The van der Waals surface area contributed by atoms with Crippen LogP contribution in [-0.2, 0) is 0 Å². The number of benzene rings is 2. The summed E-state index contributed by atoms with van der Waals surface area (Å²) in [6, 6.07) is 14.2. The second-order valence-corrected chi connectivity index (χ2v) is 6.76. The van der Waals surface area contributed by atoms with Crippen molar-refractivity contribution in [3.63, 3.8) is 0 Å². The molecule has 4 rings (SSSR count). The zero-order valence-electron chi connectivity index (χ0n) is 12.9. The van der Waals surface area contributed by atoms with Crippen LogP contribution in [0, 0.1) is 5.92 Å². The number of ketones is 1. The summed E-state index contributed by atoms with van der Waals surface area (Å²) in [7, 11) is 0. The first-order valence-corrected chi connectivity index (χ1v) is 8.35. The van der Waals surface area contributed by atoms with E-state index in [1.165, 1.54) is 5.56 Å². The number of fused-ring (bicyclic) bond motifs is 3. The second-order valence-electron chi connectivity index (χ2n) is 6.36. The van der Waals surface area contributed by atoms with E-state index < -0.39 is 0 Å². The van der Waals surface area contributed by atoms with E-state index in [4.69, 9.17) is 11.6 Å². The van der Waals surface area contributed by atoms with E-state index >= 15 is 0 Å². The minimum atomic E-state index is 0.111. The topological polar surface area (TPSA) is 29.1 Å². The lowest BCUT2D eigenvalue weighted by Crippen LogP contribution is -2.29. The average molecular weight is 324 g/mol. The number of carbonyl (C=O) groups is 1. The van der Waals surface area contributed by atoms with Crippen molar-refractivity contribution >= 4 is 23.1 Å². The summed E-state index contributed by atoms with van der Waals surface area (Å²) in [6.45, 7) is 1.62. The lowest BCUT2D eigenvalue weighted by atomic mass is 9.76. The molecule has 0 bridgehead atoms. The van der Waals surface area contributed by atoms with Gasteiger partial charge in [-0.2, -0.15) is 0 Å². The molecule has 2 aliphatic rings. The molecule has 2 aromatic rings. The Labute approximate surface area is 141 Å². The van der Waals surface area contributed by atoms with Crippen LogP contribution >= 0.6 is 11.6 Å². The third-order valence-electron chi connectivity index (χ3n) is 5.01. The maximum Gasteiger partial charge on any atom is 0.159 e. The third kappa shape index (κ3) is 2.38. The van der Waals surface area contributed by atoms with E-state index in [1.54, 1.807) is 6.92 Å². The molecule has 0 fully saturated rings. The summed E-state index contributed by atoms with van der Waals surface area (Å²) in [5.74, 6) is 0.885. The van der Waals surface area contributed by atoms with Gasteiger partial charge in [0.2, 0.25) is 0 Å². The highest BCUT2D eigenvalue weighted by Gasteiger charge is 2.38. The molecule has 0 radical (unpaired) electrons. The molecule has 1 aliphatic heterocycles. The SMILES string of the molecule is CC(=O)c1ccc2c(c1)[C@H]1C=CC[C@H]1[C@H](c1ccccc1Cl)N2. The molecule has 0 unspecified atom stereocenters. The number of nitrogens with one attached hydrogen (secondary N) is 1. The number of halogens is 1. The van der Waals surface area contributed by atoms with Crippen LogP contribution in [0.25, 0.3) is 0 Å². The summed E-state index contributed by atoms with van der Waals surface area (Å²) < 4.78 is 0. The van der Waals surface area contributed by atoms with Crippen LogP contribution in [0.4, 0.5) is 5.69 Å². The number of rotatable bonds is 2. The smallest absolute Gasteiger partial charge is 0.159 e. The average Bonchev–Trinajstić information content (AvgIpc) is 3.04. The van der Waals surface area contributed by atoms with Crippen molar-refractivity contribution in [3.8, 4) is 0 Å². The van der Waals surface area contributed by atoms with Crippen LogP contribution < -0.4 is 5.32 Å². The predicted octanol–water partition coefficient (Wildman–Crippen LogP) is 5.37. The van der Waals surface area contributed by atoms with Crippen molar-refractivity contribution in [1.29, 1.82) is 0 Å². The molecule has 0 saturated heterocycles. The molecule has 2 aromatic carbocycles. The quantitative estimate of drug-likeness (QED) is 0.594. The van der Waals surface area contributed by atoms with E-state index in [0.29, 0.717) is 11.8 Å². The molecule has 116 valence electrons. The largest absolute Gasteiger partial charge is 0.378 e. The van der Waals surface area contributed by atoms with Gasteiger partial charge in [0.15, 0.2) is 5.78 Å². The number of hydrogen-bond donors (Lipinski definition) is 1. The highest BCUT2D eigenvalue weighted by atomic mass is 35.5. The van der Waals surface area contributed by atoms with E-state index in [1.807, 2.05) is 36.4 Å². The number of allylic oxidation sites excluding steroid dienone is 2. The highest BCUT2D eigenvalue weighted by molar-refractivity contribution is 6.31. The fourth-order valence-electron chi connectivity index (χ4n) is 3.85. The monoisotopic (exact) mass is 323 g/mol. The molecule has 1 N–H and O–H groups in total. The molecule has 3 atom stereocenters. The minimum Gasteiger partial charge on any atom is -0.378 e. The maximum absolute atomic E-state index is 11.7. The Hall–Kier alpha value is -2.06. The third-order valence-corrected chi connectivity index (χ3v) is 5.35. The zero-order chi connectivity index (χ0) is 16.0. The van der Waals surface area contributed by atoms with Gasteiger partial charge in [-0.25, -0.2) is 0 Å². The van der Waals surface area contributed by atoms with E-state index in [-0.39, 0.29) is 11.8 Å². The maximum atomic E-state index is 11.7. The van der Waals surface area contributed by atoms with Gasteiger partial charge in [0.25, 0.3) is 0 Å². The summed E-state index contributed by atoms with van der Waals surface area (Å²) in [4.78, 5) is 11.7. The second kappa shape index (κ2) is 5.54. The molecule has 0 saturated carbocycles. The minimum absolute atomic E-state index is 0.111. The van der Waals surface area contributed by atoms with Crippen molar-refractivity contribution in [3.05, 3.63) is 76.3 Å². The number of Topliss-reactive ketones (excluding diaryl/α,β-unsaturated/α-hetero) is 1. The Bertz CT molecular complexity index is 811. The van der Waals surface area contributed by atoms with Crippen molar-refractivity contribution in [2.75, 3.05) is 5.32 Å². The van der Waals surface area contributed by atoms with Crippen molar-refractivity contribution in [2.24, 2.45) is 5.92 Å². The van der Waals surface area contributed by atoms with Crippen LogP contribution in [0.5, 0.6) is 0 Å². The summed E-state index contributed by atoms with van der Waals surface area (Å²) >= 11 is 6.44. The van der Waals surface area contributed by atoms with Gasteiger partial charge in [0.05, 0.1) is 6.04 Å².